The van der Waals surface area contributed by atoms with Crippen molar-refractivity contribution in [3.8, 4) is 0 Å². The van der Waals surface area contributed by atoms with Crippen molar-refractivity contribution < 1.29 is 5.11 Å². The van der Waals surface area contributed by atoms with Crippen molar-refractivity contribution in [1.82, 2.24) is 9.55 Å². The molecular weight excluding hydrogens is 288 g/mol. The van der Waals surface area contributed by atoms with E-state index >= 15 is 0 Å². The van der Waals surface area contributed by atoms with Crippen LogP contribution in [-0.4, -0.2) is 14.7 Å². The topological polar surface area (TPSA) is 38.0 Å². The number of imidazole rings is 1. The molecule has 0 aliphatic heterocycles. The van der Waals surface area contributed by atoms with Gasteiger partial charge in [-0.05, 0) is 39.4 Å². The Bertz CT molecular complexity index is 466. The van der Waals surface area contributed by atoms with E-state index in [9.17, 15) is 5.11 Å². The van der Waals surface area contributed by atoms with Gasteiger partial charge in [-0.1, -0.05) is 6.92 Å². The number of thiophene rings is 1. The van der Waals surface area contributed by atoms with Gasteiger partial charge < -0.3 is 9.67 Å². The summed E-state index contributed by atoms with van der Waals surface area (Å²) < 4.78 is 3.02. The molecule has 0 saturated heterocycles. The number of aromatic nitrogens is 2. The van der Waals surface area contributed by atoms with Crippen LogP contribution in [0.2, 0.25) is 0 Å². The van der Waals surface area contributed by atoms with E-state index in [2.05, 4.69) is 27.8 Å². The molecule has 0 radical (unpaired) electrons. The van der Waals surface area contributed by atoms with Crippen molar-refractivity contribution >= 4 is 27.3 Å². The third-order valence-corrected chi connectivity index (χ3v) is 3.88. The Balaban J connectivity index is 2.26. The molecule has 0 bridgehead atoms. The molecule has 1 atom stereocenters. The van der Waals surface area contributed by atoms with E-state index in [-0.39, 0.29) is 0 Å². The van der Waals surface area contributed by atoms with Crippen LogP contribution in [0.5, 0.6) is 0 Å². The molecule has 16 heavy (non-hydrogen) atoms. The Hall–Kier alpha value is -0.650. The van der Waals surface area contributed by atoms with Crippen LogP contribution in [0.15, 0.2) is 27.6 Å². The fourth-order valence-electron chi connectivity index (χ4n) is 1.61. The van der Waals surface area contributed by atoms with Gasteiger partial charge >= 0.3 is 0 Å². The first-order valence-electron chi connectivity index (χ1n) is 5.15. The van der Waals surface area contributed by atoms with Gasteiger partial charge in [0, 0.05) is 18.9 Å². The standard InChI is InChI=1S/C11H13BrN2OS/c1-2-4-14-5-3-13-11(14)10(15)8-6-9(12)16-7-8/h3,5-7,10,15H,2,4H2,1H3. The molecule has 3 nitrogen and oxygen atoms in total. The highest BCUT2D eigenvalue weighted by Gasteiger charge is 2.16. The number of halogens is 1. The summed E-state index contributed by atoms with van der Waals surface area (Å²) in [5.74, 6) is 0.715. The summed E-state index contributed by atoms with van der Waals surface area (Å²) >= 11 is 4.96. The lowest BCUT2D eigenvalue weighted by atomic mass is 10.2. The summed E-state index contributed by atoms with van der Waals surface area (Å²) in [4.78, 5) is 4.22. The Kier molecular flexibility index (Phi) is 3.78. The molecule has 86 valence electrons. The first-order valence-corrected chi connectivity index (χ1v) is 6.82. The van der Waals surface area contributed by atoms with E-state index in [0.29, 0.717) is 5.82 Å². The van der Waals surface area contributed by atoms with Gasteiger partial charge in [-0.3, -0.25) is 0 Å². The second-order valence-corrected chi connectivity index (χ2v) is 5.86. The van der Waals surface area contributed by atoms with Gasteiger partial charge in [-0.15, -0.1) is 11.3 Å². The largest absolute Gasteiger partial charge is 0.380 e. The number of hydrogen-bond acceptors (Lipinski definition) is 3. The van der Waals surface area contributed by atoms with Gasteiger partial charge in [-0.25, -0.2) is 4.98 Å². The van der Waals surface area contributed by atoms with Crippen LogP contribution in [0.25, 0.3) is 0 Å². The first kappa shape index (κ1) is 11.8. The zero-order valence-electron chi connectivity index (χ0n) is 8.93. The molecular formula is C11H13BrN2OS. The fourth-order valence-corrected chi connectivity index (χ4v) is 2.81. The minimum Gasteiger partial charge on any atom is -0.380 e. The number of rotatable bonds is 4. The van der Waals surface area contributed by atoms with Gasteiger partial charge in [0.15, 0.2) is 0 Å². The van der Waals surface area contributed by atoms with E-state index in [0.717, 1.165) is 22.3 Å². The second-order valence-electron chi connectivity index (χ2n) is 3.57. The Morgan fingerprint density at radius 1 is 1.62 bits per heavy atom. The number of hydrogen-bond donors (Lipinski definition) is 1. The molecule has 2 rings (SSSR count). The molecule has 0 fully saturated rings. The third-order valence-electron chi connectivity index (χ3n) is 2.36. The lowest BCUT2D eigenvalue weighted by Gasteiger charge is -2.11. The predicted octanol–water partition coefficient (Wildman–Crippen LogP) is 3.20. The molecule has 2 aromatic rings. The maximum absolute atomic E-state index is 10.2. The molecule has 0 amide bonds. The first-order chi connectivity index (χ1) is 7.72. The SMILES string of the molecule is CCCn1ccnc1C(O)c1csc(Br)c1. The van der Waals surface area contributed by atoms with Crippen molar-refractivity contribution in [1.29, 1.82) is 0 Å². The van der Waals surface area contributed by atoms with E-state index < -0.39 is 6.10 Å². The van der Waals surface area contributed by atoms with Crippen LogP contribution < -0.4 is 0 Å². The number of aliphatic hydroxyl groups is 1. The molecule has 2 aromatic heterocycles. The zero-order chi connectivity index (χ0) is 11.5. The summed E-state index contributed by atoms with van der Waals surface area (Å²) in [5, 5.41) is 12.1. The van der Waals surface area contributed by atoms with Crippen LogP contribution in [0.1, 0.15) is 30.8 Å². The highest BCUT2D eigenvalue weighted by Crippen LogP contribution is 2.28. The minimum absolute atomic E-state index is 0.635. The van der Waals surface area contributed by atoms with Crippen molar-refractivity contribution in [2.24, 2.45) is 0 Å². The quantitative estimate of drug-likeness (QED) is 0.941. The highest BCUT2D eigenvalue weighted by atomic mass is 79.9. The molecule has 2 heterocycles. The van der Waals surface area contributed by atoms with Crippen molar-refractivity contribution in [2.75, 3.05) is 0 Å². The summed E-state index contributed by atoms with van der Waals surface area (Å²) in [6.07, 6.45) is 4.03. The van der Waals surface area contributed by atoms with Crippen LogP contribution >= 0.6 is 27.3 Å². The van der Waals surface area contributed by atoms with Crippen LogP contribution in [0.3, 0.4) is 0 Å². The van der Waals surface area contributed by atoms with E-state index in [4.69, 9.17) is 0 Å². The number of aliphatic hydroxyl groups excluding tert-OH is 1. The lowest BCUT2D eigenvalue weighted by Crippen LogP contribution is -2.08. The van der Waals surface area contributed by atoms with Crippen LogP contribution in [0.4, 0.5) is 0 Å². The fraction of sp³-hybridized carbons (Fsp3) is 0.364. The van der Waals surface area contributed by atoms with Gasteiger partial charge in [-0.2, -0.15) is 0 Å². The smallest absolute Gasteiger partial charge is 0.142 e. The second kappa shape index (κ2) is 5.12. The van der Waals surface area contributed by atoms with Crippen molar-refractivity contribution in [2.45, 2.75) is 26.0 Å². The Labute approximate surface area is 107 Å². The molecule has 1 N–H and O–H groups in total. The number of nitrogens with zero attached hydrogens (tertiary/aromatic N) is 2. The molecule has 0 aromatic carbocycles. The summed E-state index contributed by atoms with van der Waals surface area (Å²) in [5.41, 5.74) is 0.889. The summed E-state index contributed by atoms with van der Waals surface area (Å²) in [6.45, 7) is 3.00. The van der Waals surface area contributed by atoms with Gasteiger partial charge in [0.1, 0.15) is 11.9 Å². The minimum atomic E-state index is -0.635. The summed E-state index contributed by atoms with van der Waals surface area (Å²) in [6, 6.07) is 1.93. The van der Waals surface area contributed by atoms with Crippen LogP contribution in [-0.2, 0) is 6.54 Å². The molecule has 5 heteroatoms. The van der Waals surface area contributed by atoms with E-state index in [1.807, 2.05) is 22.2 Å². The molecule has 0 spiro atoms. The normalized spacial score (nSPS) is 12.9. The highest BCUT2D eigenvalue weighted by molar-refractivity contribution is 9.11. The van der Waals surface area contributed by atoms with Gasteiger partial charge in [0.25, 0.3) is 0 Å². The zero-order valence-corrected chi connectivity index (χ0v) is 11.3. The van der Waals surface area contributed by atoms with Gasteiger partial charge in [0.2, 0.25) is 0 Å². The van der Waals surface area contributed by atoms with Crippen molar-refractivity contribution in [3.63, 3.8) is 0 Å². The van der Waals surface area contributed by atoms with E-state index in [1.54, 1.807) is 17.5 Å². The molecule has 1 unspecified atom stereocenters. The van der Waals surface area contributed by atoms with Gasteiger partial charge in [0.05, 0.1) is 3.79 Å². The monoisotopic (exact) mass is 300 g/mol. The summed E-state index contributed by atoms with van der Waals surface area (Å²) in [7, 11) is 0. The lowest BCUT2D eigenvalue weighted by molar-refractivity contribution is 0.204. The molecule has 0 aliphatic rings. The third kappa shape index (κ3) is 2.36. The molecule has 0 aliphatic carbocycles. The Morgan fingerprint density at radius 3 is 3.06 bits per heavy atom. The van der Waals surface area contributed by atoms with Crippen LogP contribution in [0, 0.1) is 0 Å². The molecule has 0 saturated carbocycles. The Morgan fingerprint density at radius 2 is 2.44 bits per heavy atom. The van der Waals surface area contributed by atoms with E-state index in [1.165, 1.54) is 0 Å². The number of aryl methyl sites for hydroxylation is 1. The van der Waals surface area contributed by atoms with Crippen molar-refractivity contribution in [3.05, 3.63) is 39.0 Å². The average Bonchev–Trinajstić information content (AvgIpc) is 2.87. The maximum atomic E-state index is 10.2. The predicted molar refractivity (Wildman–Crippen MR) is 68.6 cm³/mol. The average molecular weight is 301 g/mol. The maximum Gasteiger partial charge on any atom is 0.142 e.